The summed E-state index contributed by atoms with van der Waals surface area (Å²) >= 11 is 3.80. The number of aromatic nitrogens is 2. The van der Waals surface area contributed by atoms with Crippen molar-refractivity contribution in [2.75, 3.05) is 0 Å². The Hall–Kier alpha value is -3.47. The Morgan fingerprint density at radius 2 is 1.45 bits per heavy atom. The fourth-order valence-corrected chi connectivity index (χ4v) is 7.56. The van der Waals surface area contributed by atoms with Gasteiger partial charge < -0.3 is 0 Å². The van der Waals surface area contributed by atoms with E-state index in [1.165, 1.54) is 62.0 Å². The first-order chi connectivity index (χ1) is 15.4. The number of pyridine rings is 1. The van der Waals surface area contributed by atoms with E-state index in [4.69, 9.17) is 0 Å². The number of nitrogens with zero attached hydrogens (tertiary/aromatic N) is 2. The van der Waals surface area contributed by atoms with Crippen LogP contribution in [0.15, 0.2) is 85.2 Å². The molecule has 0 spiro atoms. The van der Waals surface area contributed by atoms with Crippen LogP contribution in [-0.2, 0) is 0 Å². The van der Waals surface area contributed by atoms with Crippen LogP contribution in [-0.4, -0.2) is 9.38 Å². The van der Waals surface area contributed by atoms with Crippen LogP contribution in [0.1, 0.15) is 0 Å². The van der Waals surface area contributed by atoms with E-state index >= 15 is 0 Å². The van der Waals surface area contributed by atoms with Crippen LogP contribution in [0, 0.1) is 0 Å². The van der Waals surface area contributed by atoms with Crippen LogP contribution in [0.3, 0.4) is 0 Å². The van der Waals surface area contributed by atoms with Gasteiger partial charge in [-0.15, -0.1) is 22.7 Å². The summed E-state index contributed by atoms with van der Waals surface area (Å²) in [6.45, 7) is 0. The maximum absolute atomic E-state index is 4.66. The van der Waals surface area contributed by atoms with Crippen LogP contribution < -0.4 is 0 Å². The summed E-state index contributed by atoms with van der Waals surface area (Å²) in [5.41, 5.74) is 2.24. The molecule has 31 heavy (non-hydrogen) atoms. The highest BCUT2D eigenvalue weighted by molar-refractivity contribution is 7.29. The van der Waals surface area contributed by atoms with Crippen molar-refractivity contribution in [2.24, 2.45) is 0 Å². The Kier molecular flexibility index (Phi) is 2.94. The first-order valence-electron chi connectivity index (χ1n) is 10.3. The van der Waals surface area contributed by atoms with Crippen LogP contribution in [0.5, 0.6) is 0 Å². The predicted molar refractivity (Wildman–Crippen MR) is 136 cm³/mol. The summed E-state index contributed by atoms with van der Waals surface area (Å²) in [4.78, 5) is 4.66. The molecule has 0 saturated carbocycles. The Balaban J connectivity index is 1.63. The van der Waals surface area contributed by atoms with E-state index in [0.29, 0.717) is 0 Å². The standard InChI is InChI=1S/C27H14N2S2/c1-2-6-17-15(5-1)19-13-20-16-9-10-23-25(18-7-3-4-8-22(18)30-23)26(16)31-24(20)14-21(19)29-12-11-28-27(17)29/h1-14H. The topological polar surface area (TPSA) is 17.3 Å². The third kappa shape index (κ3) is 1.99. The first kappa shape index (κ1) is 16.3. The van der Waals surface area contributed by atoms with Crippen LogP contribution in [0.25, 0.3) is 67.7 Å². The molecule has 0 saturated heterocycles. The van der Waals surface area contributed by atoms with Gasteiger partial charge in [0.25, 0.3) is 0 Å². The van der Waals surface area contributed by atoms with Crippen molar-refractivity contribution in [3.05, 3.63) is 85.2 Å². The molecule has 0 atom stereocenters. The average Bonchev–Trinajstić information content (AvgIpc) is 3.52. The van der Waals surface area contributed by atoms with Gasteiger partial charge >= 0.3 is 0 Å². The lowest BCUT2D eigenvalue weighted by Crippen LogP contribution is -1.90. The highest BCUT2D eigenvalue weighted by atomic mass is 32.1. The summed E-state index contributed by atoms with van der Waals surface area (Å²) in [6, 6.07) is 26.8. The summed E-state index contributed by atoms with van der Waals surface area (Å²) < 4.78 is 7.69. The molecule has 0 radical (unpaired) electrons. The molecule has 8 aromatic rings. The molecule has 0 aliphatic carbocycles. The molecular formula is C27H14N2S2. The number of thiophene rings is 2. The molecule has 8 rings (SSSR count). The van der Waals surface area contributed by atoms with E-state index in [0.717, 1.165) is 5.65 Å². The van der Waals surface area contributed by atoms with Gasteiger partial charge in [-0.1, -0.05) is 48.5 Å². The van der Waals surface area contributed by atoms with Gasteiger partial charge in [-0.25, -0.2) is 4.98 Å². The molecule has 4 heterocycles. The van der Waals surface area contributed by atoms with E-state index in [-0.39, 0.29) is 0 Å². The Morgan fingerprint density at radius 1 is 0.613 bits per heavy atom. The second-order valence-electron chi connectivity index (χ2n) is 8.05. The average molecular weight is 431 g/mol. The van der Waals surface area contributed by atoms with Crippen molar-refractivity contribution < 1.29 is 0 Å². The summed E-state index contributed by atoms with van der Waals surface area (Å²) in [5, 5.41) is 9.21. The number of hydrogen-bond acceptors (Lipinski definition) is 3. The highest BCUT2D eigenvalue weighted by Gasteiger charge is 2.16. The third-order valence-electron chi connectivity index (χ3n) is 6.45. The van der Waals surface area contributed by atoms with E-state index in [1.807, 2.05) is 28.9 Å². The lowest BCUT2D eigenvalue weighted by molar-refractivity contribution is 1.28. The van der Waals surface area contributed by atoms with E-state index in [9.17, 15) is 0 Å². The molecule has 0 fully saturated rings. The highest BCUT2D eigenvalue weighted by Crippen LogP contribution is 2.45. The van der Waals surface area contributed by atoms with Gasteiger partial charge in [-0.3, -0.25) is 4.40 Å². The van der Waals surface area contributed by atoms with Gasteiger partial charge in [0.05, 0.1) is 5.52 Å². The van der Waals surface area contributed by atoms with Crippen molar-refractivity contribution in [2.45, 2.75) is 0 Å². The van der Waals surface area contributed by atoms with Gasteiger partial charge in [-0.05, 0) is 29.7 Å². The Labute approximate surface area is 184 Å². The SMILES string of the molecule is c1ccc2c(c1)sc1ccc3c4cc5c6ccccc6c6nccn6c5cc4sc3c12. The maximum atomic E-state index is 4.66. The smallest absolute Gasteiger partial charge is 0.145 e. The minimum absolute atomic E-state index is 1.02. The van der Waals surface area contributed by atoms with E-state index in [2.05, 4.69) is 88.4 Å². The molecule has 0 bridgehead atoms. The fraction of sp³-hybridized carbons (Fsp3) is 0. The fourth-order valence-electron chi connectivity index (χ4n) is 5.10. The molecule has 0 aliphatic heterocycles. The lowest BCUT2D eigenvalue weighted by atomic mass is 10.0. The molecule has 0 amide bonds. The Bertz CT molecular complexity index is 2000. The van der Waals surface area contributed by atoms with E-state index < -0.39 is 0 Å². The van der Waals surface area contributed by atoms with Crippen LogP contribution in [0.2, 0.25) is 0 Å². The molecule has 4 heteroatoms. The van der Waals surface area contributed by atoms with Gasteiger partial charge in [0.1, 0.15) is 5.65 Å². The van der Waals surface area contributed by atoms with Crippen molar-refractivity contribution in [3.63, 3.8) is 0 Å². The zero-order valence-corrected chi connectivity index (χ0v) is 17.9. The Morgan fingerprint density at radius 3 is 2.39 bits per heavy atom. The zero-order chi connectivity index (χ0) is 20.1. The van der Waals surface area contributed by atoms with Crippen molar-refractivity contribution in [1.82, 2.24) is 9.38 Å². The number of rotatable bonds is 0. The predicted octanol–water partition coefficient (Wildman–Crippen LogP) is 8.38. The first-order valence-corrected chi connectivity index (χ1v) is 11.9. The zero-order valence-electron chi connectivity index (χ0n) is 16.3. The van der Waals surface area contributed by atoms with Crippen LogP contribution >= 0.6 is 22.7 Å². The van der Waals surface area contributed by atoms with Crippen molar-refractivity contribution in [3.8, 4) is 0 Å². The molecular weight excluding hydrogens is 416 g/mol. The minimum atomic E-state index is 1.02. The molecule has 0 unspecified atom stereocenters. The van der Waals surface area contributed by atoms with Crippen molar-refractivity contribution >= 4 is 90.3 Å². The molecule has 4 aromatic heterocycles. The number of fused-ring (bicyclic) bond motifs is 13. The molecule has 2 nitrogen and oxygen atoms in total. The second-order valence-corrected chi connectivity index (χ2v) is 10.2. The largest absolute Gasteiger partial charge is 0.299 e. The van der Waals surface area contributed by atoms with E-state index in [1.54, 1.807) is 0 Å². The number of benzene rings is 4. The van der Waals surface area contributed by atoms with Crippen LogP contribution in [0.4, 0.5) is 0 Å². The quantitative estimate of drug-likeness (QED) is 0.221. The van der Waals surface area contributed by atoms with Gasteiger partial charge in [0.15, 0.2) is 0 Å². The molecule has 0 N–H and O–H groups in total. The minimum Gasteiger partial charge on any atom is -0.299 e. The molecule has 144 valence electrons. The number of imidazole rings is 1. The summed E-state index contributed by atoms with van der Waals surface area (Å²) in [7, 11) is 0. The summed E-state index contributed by atoms with van der Waals surface area (Å²) in [5.74, 6) is 0. The molecule has 4 aromatic carbocycles. The second kappa shape index (κ2) is 5.61. The van der Waals surface area contributed by atoms with Gasteiger partial charge in [-0.2, -0.15) is 0 Å². The van der Waals surface area contributed by atoms with Gasteiger partial charge in [0, 0.05) is 63.5 Å². The summed E-state index contributed by atoms with van der Waals surface area (Å²) in [6.07, 6.45) is 3.98. The normalized spacial score (nSPS) is 12.5. The lowest BCUT2D eigenvalue weighted by Gasteiger charge is -2.08. The maximum Gasteiger partial charge on any atom is 0.145 e. The van der Waals surface area contributed by atoms with Gasteiger partial charge in [0.2, 0.25) is 0 Å². The number of hydrogen-bond donors (Lipinski definition) is 0. The van der Waals surface area contributed by atoms with Crippen molar-refractivity contribution in [1.29, 1.82) is 0 Å². The third-order valence-corrected chi connectivity index (χ3v) is 8.78. The monoisotopic (exact) mass is 430 g/mol. The molecule has 0 aliphatic rings.